The molecule has 0 unspecified atom stereocenters. The Labute approximate surface area is 158 Å². The first-order valence-corrected chi connectivity index (χ1v) is 10.4. The van der Waals surface area contributed by atoms with Crippen molar-refractivity contribution in [1.82, 2.24) is 14.5 Å². The van der Waals surface area contributed by atoms with Crippen LogP contribution in [0.1, 0.15) is 43.2 Å². The molecule has 2 saturated heterocycles. The molecular formula is C20H24N4OS. The van der Waals surface area contributed by atoms with Crippen molar-refractivity contribution in [2.24, 2.45) is 4.99 Å². The number of aromatic nitrogens is 2. The average Bonchev–Trinajstić information content (AvgIpc) is 3.41. The third-order valence-electron chi connectivity index (χ3n) is 5.47. The van der Waals surface area contributed by atoms with E-state index < -0.39 is 0 Å². The van der Waals surface area contributed by atoms with Gasteiger partial charge in [0.25, 0.3) is 0 Å². The second-order valence-corrected chi connectivity index (χ2v) is 8.76. The third-order valence-corrected chi connectivity index (χ3v) is 6.58. The number of fused-ring (bicyclic) bond motifs is 1. The molecule has 0 spiro atoms. The topological polar surface area (TPSA) is 42.7 Å². The smallest absolute Gasteiger partial charge is 0.160 e. The summed E-state index contributed by atoms with van der Waals surface area (Å²) in [6.45, 7) is 5.15. The van der Waals surface area contributed by atoms with Crippen LogP contribution < -0.4 is 0 Å². The van der Waals surface area contributed by atoms with Crippen LogP contribution in [0.4, 0.5) is 0 Å². The molecule has 2 fully saturated rings. The lowest BCUT2D eigenvalue weighted by molar-refractivity contribution is 0.0953. The molecule has 5 rings (SSSR count). The normalized spacial score (nSPS) is 30.7. The summed E-state index contributed by atoms with van der Waals surface area (Å²) in [5.74, 6) is 0. The van der Waals surface area contributed by atoms with Gasteiger partial charge in [-0.15, -0.1) is 0 Å². The molecule has 0 N–H and O–H groups in total. The summed E-state index contributed by atoms with van der Waals surface area (Å²) in [5, 5.41) is 1.76. The second kappa shape index (κ2) is 6.74. The zero-order valence-electron chi connectivity index (χ0n) is 15.0. The maximum Gasteiger partial charge on any atom is 0.160 e. The van der Waals surface area contributed by atoms with Crippen molar-refractivity contribution in [3.63, 3.8) is 0 Å². The number of aliphatic imine (C=N–C) groups is 1. The SMILES string of the molecule is C[C@@H]1CN2C(=N[C@H](c3ccccn3)[C@@H]2c2cccn2C[C@H]2CCCO2)S1. The molecular weight excluding hydrogens is 344 g/mol. The van der Waals surface area contributed by atoms with Gasteiger partial charge in [0.1, 0.15) is 6.04 Å². The summed E-state index contributed by atoms with van der Waals surface area (Å²) in [6.07, 6.45) is 6.73. The highest BCUT2D eigenvalue weighted by atomic mass is 32.2. The van der Waals surface area contributed by atoms with Gasteiger partial charge in [0.05, 0.1) is 17.8 Å². The van der Waals surface area contributed by atoms with E-state index in [1.165, 1.54) is 17.3 Å². The van der Waals surface area contributed by atoms with Gasteiger partial charge in [0.2, 0.25) is 0 Å². The zero-order valence-corrected chi connectivity index (χ0v) is 15.8. The Hall–Kier alpha value is -1.79. The van der Waals surface area contributed by atoms with Crippen LogP contribution in [-0.4, -0.2) is 44.1 Å². The molecule has 0 aliphatic carbocycles. The highest BCUT2D eigenvalue weighted by molar-refractivity contribution is 8.14. The number of thioether (sulfide) groups is 1. The molecule has 2 aromatic heterocycles. The molecule has 0 aromatic carbocycles. The Balaban J connectivity index is 1.50. The number of amidine groups is 1. The monoisotopic (exact) mass is 368 g/mol. The minimum atomic E-state index is 0.0596. The zero-order chi connectivity index (χ0) is 17.5. The molecule has 5 heterocycles. The van der Waals surface area contributed by atoms with E-state index in [1.54, 1.807) is 0 Å². The summed E-state index contributed by atoms with van der Waals surface area (Å²) in [7, 11) is 0. The number of ether oxygens (including phenoxy) is 1. The largest absolute Gasteiger partial charge is 0.376 e. The predicted octanol–water partition coefficient (Wildman–Crippen LogP) is 3.65. The van der Waals surface area contributed by atoms with Gasteiger partial charge in [-0.3, -0.25) is 9.98 Å². The van der Waals surface area contributed by atoms with Gasteiger partial charge < -0.3 is 14.2 Å². The van der Waals surface area contributed by atoms with E-state index in [1.807, 2.05) is 24.0 Å². The Morgan fingerprint density at radius 3 is 3.04 bits per heavy atom. The van der Waals surface area contributed by atoms with Crippen LogP contribution >= 0.6 is 11.8 Å². The molecule has 3 aliphatic rings. The number of hydrogen-bond acceptors (Lipinski definition) is 5. The molecule has 6 heteroatoms. The first kappa shape index (κ1) is 16.4. The van der Waals surface area contributed by atoms with E-state index in [0.29, 0.717) is 11.4 Å². The Morgan fingerprint density at radius 2 is 2.23 bits per heavy atom. The van der Waals surface area contributed by atoms with Gasteiger partial charge in [-0.2, -0.15) is 0 Å². The van der Waals surface area contributed by atoms with Crippen molar-refractivity contribution in [2.75, 3.05) is 13.2 Å². The Bertz CT molecular complexity index is 799. The van der Waals surface area contributed by atoms with Crippen molar-refractivity contribution < 1.29 is 4.74 Å². The van der Waals surface area contributed by atoms with E-state index in [-0.39, 0.29) is 12.1 Å². The third kappa shape index (κ3) is 2.85. The maximum atomic E-state index is 5.88. The minimum absolute atomic E-state index is 0.0596. The first-order chi connectivity index (χ1) is 12.8. The van der Waals surface area contributed by atoms with Gasteiger partial charge in [0, 0.05) is 43.0 Å². The van der Waals surface area contributed by atoms with Crippen molar-refractivity contribution in [3.05, 3.63) is 54.1 Å². The molecule has 2 aromatic rings. The standard InChI is InChI=1S/C20H24N4OS/c1-14-12-24-19(17-8-4-10-23(17)13-15-6-5-11-25-15)18(22-20(24)26-14)16-7-2-3-9-21-16/h2-4,7-10,14-15,18-19H,5-6,11-13H2,1H3/t14-,15-,18-,19+/m1/s1. The second-order valence-electron chi connectivity index (χ2n) is 7.36. The molecule has 3 aliphatic heterocycles. The summed E-state index contributed by atoms with van der Waals surface area (Å²) in [6, 6.07) is 10.8. The highest BCUT2D eigenvalue weighted by Crippen LogP contribution is 2.47. The van der Waals surface area contributed by atoms with Crippen LogP contribution in [-0.2, 0) is 11.3 Å². The van der Waals surface area contributed by atoms with Crippen molar-refractivity contribution in [3.8, 4) is 0 Å². The summed E-state index contributed by atoms with van der Waals surface area (Å²) < 4.78 is 8.26. The van der Waals surface area contributed by atoms with Crippen LogP contribution in [0.25, 0.3) is 0 Å². The lowest BCUT2D eigenvalue weighted by Crippen LogP contribution is -2.31. The van der Waals surface area contributed by atoms with E-state index in [9.17, 15) is 0 Å². The van der Waals surface area contributed by atoms with Gasteiger partial charge in [0.15, 0.2) is 5.17 Å². The molecule has 0 amide bonds. The van der Waals surface area contributed by atoms with Gasteiger partial charge in [-0.1, -0.05) is 24.8 Å². The van der Waals surface area contributed by atoms with Gasteiger partial charge in [-0.05, 0) is 37.1 Å². The van der Waals surface area contributed by atoms with Crippen molar-refractivity contribution in [2.45, 2.75) is 49.7 Å². The van der Waals surface area contributed by atoms with Gasteiger partial charge >= 0.3 is 0 Å². The fourth-order valence-corrected chi connectivity index (χ4v) is 5.40. The fraction of sp³-hybridized carbons (Fsp3) is 0.500. The summed E-state index contributed by atoms with van der Waals surface area (Å²) >= 11 is 1.89. The summed E-state index contributed by atoms with van der Waals surface area (Å²) in [4.78, 5) is 12.2. The average molecular weight is 369 g/mol. The molecule has 0 saturated carbocycles. The fourth-order valence-electron chi connectivity index (χ4n) is 4.31. The van der Waals surface area contributed by atoms with Crippen LogP contribution in [0.3, 0.4) is 0 Å². The lowest BCUT2D eigenvalue weighted by atomic mass is 10.0. The highest BCUT2D eigenvalue weighted by Gasteiger charge is 2.44. The number of nitrogens with zero attached hydrogens (tertiary/aromatic N) is 4. The molecule has 4 atom stereocenters. The number of pyridine rings is 1. The van der Waals surface area contributed by atoms with E-state index >= 15 is 0 Å². The molecule has 26 heavy (non-hydrogen) atoms. The van der Waals surface area contributed by atoms with E-state index in [0.717, 1.165) is 31.8 Å². The molecule has 136 valence electrons. The molecule has 5 nitrogen and oxygen atoms in total. The lowest BCUT2D eigenvalue weighted by Gasteiger charge is -2.28. The number of rotatable bonds is 4. The van der Waals surface area contributed by atoms with E-state index in [2.05, 4.69) is 51.8 Å². The molecule has 0 radical (unpaired) electrons. The Morgan fingerprint density at radius 1 is 1.27 bits per heavy atom. The van der Waals surface area contributed by atoms with E-state index in [4.69, 9.17) is 9.73 Å². The quantitative estimate of drug-likeness (QED) is 0.826. The Kier molecular flexibility index (Phi) is 4.25. The summed E-state index contributed by atoms with van der Waals surface area (Å²) in [5.41, 5.74) is 2.38. The first-order valence-electron chi connectivity index (χ1n) is 9.48. The van der Waals surface area contributed by atoms with Gasteiger partial charge in [-0.25, -0.2) is 0 Å². The van der Waals surface area contributed by atoms with Crippen LogP contribution in [0.5, 0.6) is 0 Å². The predicted molar refractivity (Wildman–Crippen MR) is 104 cm³/mol. The minimum Gasteiger partial charge on any atom is -0.376 e. The van der Waals surface area contributed by atoms with Crippen molar-refractivity contribution in [1.29, 1.82) is 0 Å². The van der Waals surface area contributed by atoms with Crippen LogP contribution in [0.15, 0.2) is 47.7 Å². The van der Waals surface area contributed by atoms with Crippen molar-refractivity contribution >= 4 is 16.9 Å². The van der Waals surface area contributed by atoms with Crippen LogP contribution in [0, 0.1) is 0 Å². The maximum absolute atomic E-state index is 5.88. The number of hydrogen-bond donors (Lipinski definition) is 0. The molecule has 0 bridgehead atoms. The van der Waals surface area contributed by atoms with Crippen LogP contribution in [0.2, 0.25) is 0 Å².